The number of aromatic nitrogens is 3. The third-order valence-corrected chi connectivity index (χ3v) is 5.25. The van der Waals surface area contributed by atoms with Crippen LogP contribution in [0.2, 0.25) is 10.0 Å². The van der Waals surface area contributed by atoms with Gasteiger partial charge >= 0.3 is 0 Å². The van der Waals surface area contributed by atoms with E-state index in [1.807, 2.05) is 0 Å². The van der Waals surface area contributed by atoms with E-state index in [1.165, 1.54) is 17.0 Å². The van der Waals surface area contributed by atoms with Gasteiger partial charge in [0.15, 0.2) is 11.4 Å². The van der Waals surface area contributed by atoms with Gasteiger partial charge in [-0.2, -0.15) is 5.10 Å². The highest BCUT2D eigenvalue weighted by atomic mass is 35.5. The van der Waals surface area contributed by atoms with E-state index in [1.54, 1.807) is 37.3 Å². The molecule has 0 bridgehead atoms. The van der Waals surface area contributed by atoms with Crippen LogP contribution in [-0.4, -0.2) is 20.7 Å². The molecule has 0 aliphatic heterocycles. The van der Waals surface area contributed by atoms with Crippen LogP contribution in [0.1, 0.15) is 17.7 Å². The maximum Gasteiger partial charge on any atom is 0.264 e. The first kappa shape index (κ1) is 20.3. The summed E-state index contributed by atoms with van der Waals surface area (Å²) in [5.41, 5.74) is 0.826. The second-order valence-electron chi connectivity index (χ2n) is 6.47. The molecule has 4 rings (SSSR count). The van der Waals surface area contributed by atoms with Crippen molar-refractivity contribution < 1.29 is 18.0 Å². The molecule has 30 heavy (non-hydrogen) atoms. The summed E-state index contributed by atoms with van der Waals surface area (Å²) in [7, 11) is 0. The van der Waals surface area contributed by atoms with Crippen molar-refractivity contribution in [2.24, 2.45) is 0 Å². The number of alkyl halides is 2. The van der Waals surface area contributed by atoms with Gasteiger partial charge in [0.25, 0.3) is 6.43 Å². The predicted molar refractivity (Wildman–Crippen MR) is 110 cm³/mol. The lowest BCUT2D eigenvalue weighted by Gasteiger charge is -2.09. The van der Waals surface area contributed by atoms with E-state index in [4.69, 9.17) is 27.6 Å². The van der Waals surface area contributed by atoms with E-state index in [2.05, 4.69) is 15.4 Å². The molecule has 6 nitrogen and oxygen atoms in total. The fraction of sp³-hybridized carbons (Fsp3) is 0.150. The molecule has 0 fully saturated rings. The fourth-order valence-electron chi connectivity index (χ4n) is 3.15. The molecule has 3 heterocycles. The summed E-state index contributed by atoms with van der Waals surface area (Å²) < 4.78 is 34.0. The van der Waals surface area contributed by atoms with E-state index in [9.17, 15) is 13.6 Å². The van der Waals surface area contributed by atoms with E-state index in [0.29, 0.717) is 22.2 Å². The molecule has 3 aromatic heterocycles. The highest BCUT2D eigenvalue weighted by molar-refractivity contribution is 6.43. The van der Waals surface area contributed by atoms with Gasteiger partial charge in [-0.05, 0) is 37.3 Å². The van der Waals surface area contributed by atoms with E-state index < -0.39 is 12.3 Å². The number of hydrogen-bond acceptors (Lipinski definition) is 4. The number of pyridine rings is 1. The summed E-state index contributed by atoms with van der Waals surface area (Å²) in [5, 5.41) is 7.59. The lowest BCUT2D eigenvalue weighted by Crippen LogP contribution is -2.20. The van der Waals surface area contributed by atoms with Gasteiger partial charge < -0.3 is 9.73 Å². The normalized spacial score (nSPS) is 11.4. The van der Waals surface area contributed by atoms with Gasteiger partial charge in [0.2, 0.25) is 5.91 Å². The molecule has 0 saturated carbocycles. The summed E-state index contributed by atoms with van der Waals surface area (Å²) in [6.07, 6.45) is -1.33. The van der Waals surface area contributed by atoms with Gasteiger partial charge in [0, 0.05) is 5.56 Å². The first-order valence-electron chi connectivity index (χ1n) is 8.79. The van der Waals surface area contributed by atoms with Gasteiger partial charge in [0.05, 0.1) is 33.1 Å². The molecule has 1 amide bonds. The minimum atomic E-state index is -2.75. The molecule has 0 saturated heterocycles. The molecular formula is C20H14Cl2F2N4O2. The van der Waals surface area contributed by atoms with Gasteiger partial charge in [-0.3, -0.25) is 4.79 Å². The van der Waals surface area contributed by atoms with Crippen LogP contribution >= 0.6 is 23.2 Å². The first-order chi connectivity index (χ1) is 14.3. The van der Waals surface area contributed by atoms with Crippen molar-refractivity contribution in [2.75, 3.05) is 5.32 Å². The Morgan fingerprint density at radius 1 is 1.27 bits per heavy atom. The van der Waals surface area contributed by atoms with Crippen LogP contribution < -0.4 is 5.32 Å². The topological polar surface area (TPSA) is 73.0 Å². The molecule has 10 heteroatoms. The molecule has 0 spiro atoms. The third-order valence-electron chi connectivity index (χ3n) is 4.44. The van der Waals surface area contributed by atoms with Gasteiger partial charge in [-0.1, -0.05) is 29.3 Å². The molecule has 0 aliphatic carbocycles. The van der Waals surface area contributed by atoms with Gasteiger partial charge in [-0.25, -0.2) is 18.4 Å². The Morgan fingerprint density at radius 3 is 2.77 bits per heavy atom. The molecule has 4 aromatic rings. The number of hydrogen-bond donors (Lipinski definition) is 1. The van der Waals surface area contributed by atoms with Crippen molar-refractivity contribution in [3.05, 3.63) is 64.0 Å². The number of carbonyl (C=O) groups is 1. The molecule has 154 valence electrons. The van der Waals surface area contributed by atoms with E-state index in [-0.39, 0.29) is 33.9 Å². The number of nitrogens with zero attached hydrogens (tertiary/aromatic N) is 3. The Hall–Kier alpha value is -2.97. The van der Waals surface area contributed by atoms with E-state index >= 15 is 0 Å². The molecule has 0 unspecified atom stereocenters. The predicted octanol–water partition coefficient (Wildman–Crippen LogP) is 5.88. The number of fused-ring (bicyclic) bond motifs is 1. The zero-order valence-corrected chi connectivity index (χ0v) is 17.0. The van der Waals surface area contributed by atoms with Crippen LogP contribution in [0, 0.1) is 6.92 Å². The van der Waals surface area contributed by atoms with Crippen molar-refractivity contribution >= 4 is 45.8 Å². The summed E-state index contributed by atoms with van der Waals surface area (Å²) in [6, 6.07) is 9.36. The van der Waals surface area contributed by atoms with Gasteiger partial charge in [-0.15, -0.1) is 0 Å². The highest BCUT2D eigenvalue weighted by Gasteiger charge is 2.22. The molecular weight excluding hydrogens is 437 g/mol. The lowest BCUT2D eigenvalue weighted by molar-refractivity contribution is -0.116. The number of amides is 1. The molecule has 0 aliphatic rings. The van der Waals surface area contributed by atoms with Crippen LogP contribution in [0.5, 0.6) is 0 Å². The minimum absolute atomic E-state index is 0.157. The monoisotopic (exact) mass is 450 g/mol. The highest BCUT2D eigenvalue weighted by Crippen LogP contribution is 2.33. The van der Waals surface area contributed by atoms with Crippen LogP contribution in [0.15, 0.2) is 47.1 Å². The number of carbonyl (C=O) groups excluding carboxylic acids is 1. The van der Waals surface area contributed by atoms with E-state index in [0.717, 1.165) is 0 Å². The quantitative estimate of drug-likeness (QED) is 0.411. The number of rotatable bonds is 5. The summed E-state index contributed by atoms with van der Waals surface area (Å²) in [4.78, 5) is 17.0. The molecule has 0 radical (unpaired) electrons. The van der Waals surface area contributed by atoms with Crippen molar-refractivity contribution in [2.45, 2.75) is 19.9 Å². The second kappa shape index (κ2) is 8.04. The Labute approximate surface area is 179 Å². The number of aryl methyl sites for hydroxylation is 1. The minimum Gasteiger partial charge on any atom is -0.463 e. The van der Waals surface area contributed by atoms with Crippen LogP contribution in [0.4, 0.5) is 14.5 Å². The largest absolute Gasteiger partial charge is 0.463 e. The fourth-order valence-corrected chi connectivity index (χ4v) is 3.49. The standard InChI is InChI=1S/C20H14Cl2F2N4O2/c1-10-17-11(19(23)24)8-14(15-6-3-7-30-15)26-20(17)28(27-10)9-16(29)25-13-5-2-4-12(21)18(13)22/h2-8,19H,9H2,1H3,(H,25,29). The summed E-state index contributed by atoms with van der Waals surface area (Å²) in [5.74, 6) is -0.133. The molecule has 1 N–H and O–H groups in total. The zero-order chi connectivity index (χ0) is 21.4. The van der Waals surface area contributed by atoms with Crippen molar-refractivity contribution in [3.8, 4) is 11.5 Å². The van der Waals surface area contributed by atoms with Crippen LogP contribution in [0.3, 0.4) is 0 Å². The number of furan rings is 1. The average molecular weight is 451 g/mol. The zero-order valence-electron chi connectivity index (χ0n) is 15.5. The Kier molecular flexibility index (Phi) is 5.44. The van der Waals surface area contributed by atoms with Crippen LogP contribution in [-0.2, 0) is 11.3 Å². The SMILES string of the molecule is Cc1nn(CC(=O)Nc2cccc(Cl)c2Cl)c2nc(-c3ccco3)cc(C(F)F)c12. The average Bonchev–Trinajstić information content (AvgIpc) is 3.34. The Bertz CT molecular complexity index is 1240. The molecule has 1 aromatic carbocycles. The molecule has 0 atom stereocenters. The number of anilines is 1. The maximum absolute atomic E-state index is 13.7. The first-order valence-corrected chi connectivity index (χ1v) is 9.54. The number of nitrogens with one attached hydrogen (secondary N) is 1. The number of benzene rings is 1. The van der Waals surface area contributed by atoms with Crippen molar-refractivity contribution in [3.63, 3.8) is 0 Å². The second-order valence-corrected chi connectivity index (χ2v) is 7.25. The Balaban J connectivity index is 1.74. The maximum atomic E-state index is 13.7. The lowest BCUT2D eigenvalue weighted by atomic mass is 10.1. The van der Waals surface area contributed by atoms with Crippen LogP contribution in [0.25, 0.3) is 22.5 Å². The summed E-state index contributed by atoms with van der Waals surface area (Å²) in [6.45, 7) is 1.33. The number of halogens is 4. The van der Waals surface area contributed by atoms with Crippen molar-refractivity contribution in [1.82, 2.24) is 14.8 Å². The Morgan fingerprint density at radius 2 is 2.07 bits per heavy atom. The smallest absolute Gasteiger partial charge is 0.264 e. The third kappa shape index (κ3) is 3.76. The summed E-state index contributed by atoms with van der Waals surface area (Å²) >= 11 is 12.1. The van der Waals surface area contributed by atoms with Gasteiger partial charge in [0.1, 0.15) is 12.2 Å². The van der Waals surface area contributed by atoms with Crippen molar-refractivity contribution in [1.29, 1.82) is 0 Å².